The van der Waals surface area contributed by atoms with Gasteiger partial charge in [0.2, 0.25) is 0 Å². The molecule has 0 unspecified atom stereocenters. The first-order valence-electron chi connectivity index (χ1n) is 10.0. The number of halogens is 8. The van der Waals surface area contributed by atoms with Crippen LogP contribution in [0.25, 0.3) is 10.8 Å². The van der Waals surface area contributed by atoms with Gasteiger partial charge in [-0.2, -0.15) is 35.8 Å². The van der Waals surface area contributed by atoms with E-state index in [1.54, 1.807) is 6.92 Å². The van der Waals surface area contributed by atoms with Gasteiger partial charge in [0, 0.05) is 0 Å². The van der Waals surface area contributed by atoms with Crippen molar-refractivity contribution in [2.45, 2.75) is 31.7 Å². The molecule has 0 spiro atoms. The molecule has 0 aliphatic rings. The van der Waals surface area contributed by atoms with Gasteiger partial charge in [-0.25, -0.2) is 5.43 Å². The Morgan fingerprint density at radius 3 is 2.26 bits per heavy atom. The number of rotatable bonds is 9. The molecule has 0 aliphatic heterocycles. The van der Waals surface area contributed by atoms with Gasteiger partial charge in [-0.3, -0.25) is 0 Å². The molecule has 3 aromatic rings. The predicted octanol–water partition coefficient (Wildman–Crippen LogP) is 7.29. The molecule has 188 valence electrons. The van der Waals surface area contributed by atoms with Crippen molar-refractivity contribution in [1.82, 2.24) is 5.43 Å². The highest BCUT2D eigenvalue weighted by Gasteiger charge is 2.73. The smallest absolute Gasteiger partial charge is 0.462 e. The van der Waals surface area contributed by atoms with Crippen LogP contribution >= 0.6 is 15.9 Å². The van der Waals surface area contributed by atoms with Gasteiger partial charge in [0.25, 0.3) is 0 Å². The van der Waals surface area contributed by atoms with Crippen molar-refractivity contribution >= 4 is 32.9 Å². The number of hydrazone groups is 1. The second-order valence-electron chi connectivity index (χ2n) is 7.25. The highest BCUT2D eigenvalue weighted by atomic mass is 79.9. The zero-order valence-electron chi connectivity index (χ0n) is 18.0. The fraction of sp³-hybridized carbons (Fsp3) is 0.261. The van der Waals surface area contributed by atoms with E-state index in [0.717, 1.165) is 16.3 Å². The molecule has 35 heavy (non-hydrogen) atoms. The van der Waals surface area contributed by atoms with Crippen LogP contribution < -0.4 is 14.9 Å². The minimum absolute atomic E-state index is 0.0667. The molecule has 0 amide bonds. The highest BCUT2D eigenvalue weighted by Crippen LogP contribution is 2.45. The van der Waals surface area contributed by atoms with Gasteiger partial charge in [-0.05, 0) is 63.0 Å². The first kappa shape index (κ1) is 26.6. The molecule has 4 nitrogen and oxygen atoms in total. The van der Waals surface area contributed by atoms with Crippen molar-refractivity contribution in [1.29, 1.82) is 0 Å². The fourth-order valence-corrected chi connectivity index (χ4v) is 3.56. The summed E-state index contributed by atoms with van der Waals surface area (Å²) in [7, 11) is 0. The molecule has 0 fully saturated rings. The van der Waals surface area contributed by atoms with Gasteiger partial charge >= 0.3 is 18.1 Å². The Balaban J connectivity index is 1.78. The molecule has 1 N–H and O–H groups in total. The van der Waals surface area contributed by atoms with Crippen LogP contribution in [-0.2, 0) is 6.61 Å². The zero-order valence-corrected chi connectivity index (χ0v) is 19.6. The average Bonchev–Trinajstić information content (AvgIpc) is 2.77. The topological polar surface area (TPSA) is 42.8 Å². The number of benzene rings is 3. The molecule has 0 radical (unpaired) electrons. The first-order valence-corrected chi connectivity index (χ1v) is 10.8. The maximum Gasteiger partial charge on any atom is 0.462 e. The van der Waals surface area contributed by atoms with Crippen molar-refractivity contribution in [3.63, 3.8) is 0 Å². The Morgan fingerprint density at radius 2 is 1.60 bits per heavy atom. The van der Waals surface area contributed by atoms with E-state index in [-0.39, 0.29) is 30.3 Å². The summed E-state index contributed by atoms with van der Waals surface area (Å²) in [6.07, 6.45) is -5.81. The number of fused-ring (bicyclic) bond motifs is 1. The van der Waals surface area contributed by atoms with Crippen LogP contribution in [-0.4, -0.2) is 31.0 Å². The predicted molar refractivity (Wildman–Crippen MR) is 120 cm³/mol. The summed E-state index contributed by atoms with van der Waals surface area (Å²) < 4.78 is 101. The number of hydrogen-bond acceptors (Lipinski definition) is 4. The number of nitrogens with zero attached hydrogens (tertiary/aromatic N) is 1. The monoisotopic (exact) mass is 566 g/mol. The second-order valence-corrected chi connectivity index (χ2v) is 8.10. The molecule has 0 bridgehead atoms. The van der Waals surface area contributed by atoms with Crippen LogP contribution in [0.15, 0.2) is 64.2 Å². The van der Waals surface area contributed by atoms with E-state index in [0.29, 0.717) is 16.1 Å². The van der Waals surface area contributed by atoms with Gasteiger partial charge in [0.05, 0.1) is 17.3 Å². The maximum absolute atomic E-state index is 13.4. The Kier molecular flexibility index (Phi) is 7.83. The van der Waals surface area contributed by atoms with E-state index in [1.165, 1.54) is 12.1 Å². The molecular formula is C23H18BrF7N2O2. The summed E-state index contributed by atoms with van der Waals surface area (Å²) in [6, 6.07) is 10.5. The Hall–Kier alpha value is -3.02. The third-order valence-corrected chi connectivity index (χ3v) is 5.29. The number of ether oxygens (including phenoxy) is 2. The highest BCUT2D eigenvalue weighted by molar-refractivity contribution is 9.10. The summed E-state index contributed by atoms with van der Waals surface area (Å²) in [5.41, 5.74) is 1.51. The third kappa shape index (κ3) is 5.98. The summed E-state index contributed by atoms with van der Waals surface area (Å²) in [4.78, 5) is 0. The van der Waals surface area contributed by atoms with E-state index in [4.69, 9.17) is 9.47 Å². The van der Waals surface area contributed by atoms with Crippen LogP contribution in [0.1, 0.15) is 18.1 Å². The molecular weight excluding hydrogens is 549 g/mol. The molecule has 3 rings (SSSR count). The van der Waals surface area contributed by atoms with Gasteiger partial charge in [0.15, 0.2) is 11.5 Å². The summed E-state index contributed by atoms with van der Waals surface area (Å²) >= 11 is 3.27. The van der Waals surface area contributed by atoms with Crippen molar-refractivity contribution in [2.75, 3.05) is 6.61 Å². The number of alkyl halides is 7. The van der Waals surface area contributed by atoms with E-state index < -0.39 is 18.1 Å². The minimum Gasteiger partial charge on any atom is -0.490 e. The zero-order chi connectivity index (χ0) is 25.9. The lowest BCUT2D eigenvalue weighted by molar-refractivity contribution is -0.361. The van der Waals surface area contributed by atoms with Gasteiger partial charge in [0.1, 0.15) is 6.61 Å². The average molecular weight is 567 g/mol. The SMILES string of the molecule is CCOc1cc(/C=N/NC(F)(F)C(F)(F)C(F)(F)F)cc(Br)c1OCc1ccc2ccccc2c1. The summed E-state index contributed by atoms with van der Waals surface area (Å²) in [5.74, 6) is -5.87. The third-order valence-electron chi connectivity index (χ3n) is 4.70. The van der Waals surface area contributed by atoms with E-state index in [1.807, 2.05) is 42.5 Å². The van der Waals surface area contributed by atoms with Gasteiger partial charge in [-0.1, -0.05) is 36.4 Å². The van der Waals surface area contributed by atoms with E-state index in [9.17, 15) is 30.7 Å². The van der Waals surface area contributed by atoms with Crippen molar-refractivity contribution in [2.24, 2.45) is 5.10 Å². The first-order chi connectivity index (χ1) is 16.4. The molecule has 0 heterocycles. The Morgan fingerprint density at radius 1 is 0.914 bits per heavy atom. The van der Waals surface area contributed by atoms with Crippen molar-refractivity contribution < 1.29 is 40.2 Å². The molecule has 0 saturated carbocycles. The second kappa shape index (κ2) is 10.3. The normalized spacial score (nSPS) is 12.8. The molecule has 0 saturated heterocycles. The fourth-order valence-electron chi connectivity index (χ4n) is 2.99. The lowest BCUT2D eigenvalue weighted by atomic mass is 10.1. The lowest BCUT2D eigenvalue weighted by Gasteiger charge is -2.27. The van der Waals surface area contributed by atoms with Crippen molar-refractivity contribution in [3.05, 3.63) is 70.2 Å². The summed E-state index contributed by atoms with van der Waals surface area (Å²) in [5, 5.41) is 4.94. The summed E-state index contributed by atoms with van der Waals surface area (Å²) in [6.45, 7) is 2.05. The molecule has 0 aromatic heterocycles. The quantitative estimate of drug-likeness (QED) is 0.128. The minimum atomic E-state index is -6.46. The van der Waals surface area contributed by atoms with Crippen LogP contribution in [0, 0.1) is 0 Å². The number of hydrogen-bond donors (Lipinski definition) is 1. The van der Waals surface area contributed by atoms with Crippen LogP contribution in [0.5, 0.6) is 11.5 Å². The van der Waals surface area contributed by atoms with Gasteiger partial charge < -0.3 is 9.47 Å². The van der Waals surface area contributed by atoms with Crippen LogP contribution in [0.2, 0.25) is 0 Å². The lowest BCUT2D eigenvalue weighted by Crippen LogP contribution is -2.58. The van der Waals surface area contributed by atoms with Gasteiger partial charge in [-0.15, -0.1) is 0 Å². The van der Waals surface area contributed by atoms with E-state index in [2.05, 4.69) is 21.0 Å². The standard InChI is InChI=1S/C23H18BrF7N2O2/c1-2-34-19-11-15(12-32-33-23(30,31)21(25,26)22(27,28)29)10-18(24)20(19)35-13-14-7-8-16-5-3-4-6-17(16)9-14/h3-12,33H,2,13H2,1H3/b32-12+. The Bertz CT molecular complexity index is 1220. The molecule has 0 aliphatic carbocycles. The van der Waals surface area contributed by atoms with Crippen molar-refractivity contribution in [3.8, 4) is 11.5 Å². The Labute approximate surface area is 203 Å². The van der Waals surface area contributed by atoms with Crippen LogP contribution in [0.3, 0.4) is 0 Å². The van der Waals surface area contributed by atoms with E-state index >= 15 is 0 Å². The number of nitrogens with one attached hydrogen (secondary N) is 1. The maximum atomic E-state index is 13.4. The molecule has 0 atom stereocenters. The molecule has 12 heteroatoms. The van der Waals surface area contributed by atoms with Crippen LogP contribution in [0.4, 0.5) is 30.7 Å². The largest absolute Gasteiger partial charge is 0.490 e. The molecule has 3 aromatic carbocycles.